The molecule has 4 heterocycles. The Labute approximate surface area is 281 Å². The largest absolute Gasteiger partial charge is 2.00 e. The van der Waals surface area contributed by atoms with Crippen molar-refractivity contribution in [2.75, 3.05) is 0 Å². The summed E-state index contributed by atoms with van der Waals surface area (Å²) in [4.78, 5) is 54.1. The quantitative estimate of drug-likeness (QED) is 0.235. The average molecular weight is 705 g/mol. The molecule has 0 atom stereocenters. The van der Waals surface area contributed by atoms with Gasteiger partial charge in [-0.1, -0.05) is 24.3 Å². The molecule has 0 aliphatic carbocycles. The fourth-order valence-corrected chi connectivity index (χ4v) is 3.23. The van der Waals surface area contributed by atoms with Crippen LogP contribution in [0.4, 0.5) is 0 Å². The van der Waals surface area contributed by atoms with E-state index in [2.05, 4.69) is 19.9 Å². The molecule has 4 aromatic heterocycles. The molecule has 0 unspecified atom stereocenters. The number of carbonyl (C=O) groups excluding carboxylic acids is 4. The van der Waals surface area contributed by atoms with Crippen molar-refractivity contribution in [3.05, 3.63) is 120 Å². The maximum absolute atomic E-state index is 8.89. The predicted molar refractivity (Wildman–Crippen MR) is 143 cm³/mol. The van der Waals surface area contributed by atoms with Crippen LogP contribution < -0.4 is 20.4 Å². The summed E-state index contributed by atoms with van der Waals surface area (Å²) < 4.78 is 0. The molecule has 0 radical (unpaired) electrons. The maximum atomic E-state index is 8.89. The first kappa shape index (κ1) is 44.2. The van der Waals surface area contributed by atoms with Crippen LogP contribution in [-0.4, -0.2) is 43.8 Å². The summed E-state index contributed by atoms with van der Waals surface area (Å²) in [7, 11) is 0. The summed E-state index contributed by atoms with van der Waals surface area (Å²) in [6.45, 7) is 3.89. The molecular weight excluding hydrogens is 675 g/mol. The minimum Gasteiger partial charge on any atom is -0.550 e. The minimum atomic E-state index is -1.08. The second kappa shape index (κ2) is 26.4. The van der Waals surface area contributed by atoms with Gasteiger partial charge < -0.3 is 39.6 Å². The Morgan fingerprint density at radius 3 is 0.705 bits per heavy atom. The zero-order chi connectivity index (χ0) is 31.9. The molecular formula is C30H30N4O8Zn2. The van der Waals surface area contributed by atoms with E-state index < -0.39 is 23.9 Å². The van der Waals surface area contributed by atoms with E-state index in [1.54, 1.807) is 0 Å². The van der Waals surface area contributed by atoms with E-state index in [0.29, 0.717) is 0 Å². The van der Waals surface area contributed by atoms with E-state index in [9.17, 15) is 0 Å². The number of aromatic nitrogens is 4. The van der Waals surface area contributed by atoms with Crippen molar-refractivity contribution < 1.29 is 78.6 Å². The number of nitrogens with zero attached hydrogens (tertiary/aromatic N) is 4. The minimum absolute atomic E-state index is 0. The molecule has 14 heteroatoms. The van der Waals surface area contributed by atoms with Crippen molar-refractivity contribution in [3.63, 3.8) is 0 Å². The number of carbonyl (C=O) groups is 4. The number of hydrogen-bond donors (Lipinski definition) is 0. The third-order valence-corrected chi connectivity index (χ3v) is 4.36. The Bertz CT molecular complexity index is 1110. The van der Waals surface area contributed by atoms with E-state index in [1.165, 1.54) is 0 Å². The number of aliphatic carboxylic acids is 4. The Hall–Kier alpha value is -4.27. The summed E-state index contributed by atoms with van der Waals surface area (Å²) in [5.74, 6) is -4.50. The first-order chi connectivity index (χ1) is 19.9. The van der Waals surface area contributed by atoms with Crippen LogP contribution in [0.1, 0.15) is 62.3 Å². The molecule has 4 rings (SSSR count). The molecule has 44 heavy (non-hydrogen) atoms. The van der Waals surface area contributed by atoms with E-state index >= 15 is 0 Å². The Morgan fingerprint density at radius 2 is 0.591 bits per heavy atom. The summed E-state index contributed by atoms with van der Waals surface area (Å²) in [6, 6.07) is 23.9. The van der Waals surface area contributed by atoms with Gasteiger partial charge in [0.05, 0.1) is 34.6 Å². The van der Waals surface area contributed by atoms with Crippen molar-refractivity contribution in [2.45, 2.75) is 39.5 Å². The van der Waals surface area contributed by atoms with Crippen LogP contribution in [0.25, 0.3) is 0 Å². The molecule has 0 aliphatic heterocycles. The van der Waals surface area contributed by atoms with Gasteiger partial charge in [-0.05, 0) is 76.2 Å². The van der Waals surface area contributed by atoms with Crippen LogP contribution in [0.5, 0.6) is 0 Å². The standard InChI is InChI=1S/C22H18N4.4C2H4O2.2Zn/c1-5-13-23-17(9-1)21(18-10-2-6-14-24-18)22(19-11-3-7-15-25-19)20-12-4-8-16-26-20;4*1-2(3)4;;/h1-16,21-22H;4*1H3,(H,3,4);;/q;;;;;2*+2/p-4. The van der Waals surface area contributed by atoms with Gasteiger partial charge in [-0.2, -0.15) is 0 Å². The van der Waals surface area contributed by atoms with Crippen LogP contribution in [-0.2, 0) is 58.1 Å². The van der Waals surface area contributed by atoms with Gasteiger partial charge in [0.1, 0.15) is 0 Å². The third kappa shape index (κ3) is 22.3. The number of rotatable bonds is 5. The molecule has 222 valence electrons. The molecule has 0 aliphatic rings. The first-order valence-corrected chi connectivity index (χ1v) is 12.2. The molecule has 0 spiro atoms. The Morgan fingerprint density at radius 1 is 0.432 bits per heavy atom. The maximum Gasteiger partial charge on any atom is 2.00 e. The normalized spacial score (nSPS) is 8.77. The molecule has 0 fully saturated rings. The molecule has 4 aromatic rings. The number of carboxylic acid groups (broad SMARTS) is 4. The van der Waals surface area contributed by atoms with E-state index in [0.717, 1.165) is 50.5 Å². The first-order valence-electron chi connectivity index (χ1n) is 12.2. The van der Waals surface area contributed by atoms with Gasteiger partial charge >= 0.3 is 39.0 Å². The van der Waals surface area contributed by atoms with Gasteiger partial charge in [0.25, 0.3) is 0 Å². The van der Waals surface area contributed by atoms with Crippen LogP contribution in [0.2, 0.25) is 0 Å². The van der Waals surface area contributed by atoms with Crippen molar-refractivity contribution in [1.29, 1.82) is 0 Å². The summed E-state index contributed by atoms with van der Waals surface area (Å²) in [5.41, 5.74) is 3.81. The summed E-state index contributed by atoms with van der Waals surface area (Å²) >= 11 is 0. The third-order valence-electron chi connectivity index (χ3n) is 4.36. The van der Waals surface area contributed by atoms with Gasteiger partial charge in [-0.15, -0.1) is 0 Å². The van der Waals surface area contributed by atoms with Gasteiger partial charge in [0.2, 0.25) is 0 Å². The molecule has 0 saturated carbocycles. The second-order valence-electron chi connectivity index (χ2n) is 7.94. The summed E-state index contributed by atoms with van der Waals surface area (Å²) in [5, 5.41) is 35.6. The average Bonchev–Trinajstić information content (AvgIpc) is 2.92. The molecule has 12 nitrogen and oxygen atoms in total. The number of carboxylic acids is 4. The van der Waals surface area contributed by atoms with Crippen molar-refractivity contribution >= 4 is 23.9 Å². The van der Waals surface area contributed by atoms with Gasteiger partial charge in [0, 0.05) is 48.7 Å². The van der Waals surface area contributed by atoms with Gasteiger partial charge in [0.15, 0.2) is 0 Å². The smallest absolute Gasteiger partial charge is 0.550 e. The van der Waals surface area contributed by atoms with Crippen LogP contribution in [0, 0.1) is 0 Å². The van der Waals surface area contributed by atoms with Crippen LogP contribution in [0.3, 0.4) is 0 Å². The predicted octanol–water partition coefficient (Wildman–Crippen LogP) is -0.750. The second-order valence-corrected chi connectivity index (χ2v) is 7.94. The fourth-order valence-electron chi connectivity index (χ4n) is 3.23. The van der Waals surface area contributed by atoms with Crippen molar-refractivity contribution in [2.24, 2.45) is 0 Å². The van der Waals surface area contributed by atoms with Crippen molar-refractivity contribution in [3.8, 4) is 0 Å². The molecule has 0 N–H and O–H groups in total. The topological polar surface area (TPSA) is 212 Å². The van der Waals surface area contributed by atoms with E-state index in [1.807, 2.05) is 97.6 Å². The monoisotopic (exact) mass is 702 g/mol. The zero-order valence-corrected chi connectivity index (χ0v) is 30.8. The number of hydrogen-bond acceptors (Lipinski definition) is 12. The SMILES string of the molecule is CC(=O)[O-].CC(=O)[O-].CC(=O)[O-].CC(=O)[O-].[Zn+2].[Zn+2].c1ccc(C(c2ccccn2)C(c2ccccn2)c2ccccn2)nc1. The van der Waals surface area contributed by atoms with Crippen molar-refractivity contribution in [1.82, 2.24) is 19.9 Å². The molecule has 0 saturated heterocycles. The van der Waals surface area contributed by atoms with Crippen LogP contribution >= 0.6 is 0 Å². The Balaban J connectivity index is -0.000000784. The van der Waals surface area contributed by atoms with E-state index in [4.69, 9.17) is 39.6 Å². The van der Waals surface area contributed by atoms with Crippen LogP contribution in [0.15, 0.2) is 97.6 Å². The van der Waals surface area contributed by atoms with Gasteiger partial charge in [-0.25, -0.2) is 0 Å². The zero-order valence-electron chi connectivity index (χ0n) is 24.9. The number of pyridine rings is 4. The van der Waals surface area contributed by atoms with E-state index in [-0.39, 0.29) is 50.8 Å². The molecule has 0 amide bonds. The molecule has 0 aromatic carbocycles. The Kier molecular flexibility index (Phi) is 26.5. The molecule has 0 bridgehead atoms. The van der Waals surface area contributed by atoms with Gasteiger partial charge in [-0.3, -0.25) is 19.9 Å². The summed E-state index contributed by atoms with van der Waals surface area (Å²) in [6.07, 6.45) is 7.27. The fraction of sp³-hybridized carbons (Fsp3) is 0.200.